The molecule has 0 unspecified atom stereocenters. The summed E-state index contributed by atoms with van der Waals surface area (Å²) in [5.74, 6) is 0.0172. The number of carbonyl (C=O) groups excluding carboxylic acids is 2. The van der Waals surface area contributed by atoms with Crippen LogP contribution in [-0.4, -0.2) is 42.0 Å². The molecule has 0 aliphatic carbocycles. The zero-order chi connectivity index (χ0) is 16.9. The van der Waals surface area contributed by atoms with Crippen molar-refractivity contribution in [2.24, 2.45) is 0 Å². The Hall–Kier alpha value is -1.91. The smallest absolute Gasteiger partial charge is 0.339 e. The summed E-state index contributed by atoms with van der Waals surface area (Å²) in [5.41, 5.74) is 0.524. The molecule has 0 aromatic carbocycles. The number of likely N-dealkylation sites (tertiary alicyclic amines) is 1. The van der Waals surface area contributed by atoms with Crippen molar-refractivity contribution in [3.05, 3.63) is 30.1 Å². The molecule has 1 aliphatic heterocycles. The van der Waals surface area contributed by atoms with Crippen LogP contribution in [0, 0.1) is 0 Å². The number of esters is 1. The molecule has 1 amide bonds. The fourth-order valence-corrected chi connectivity index (χ4v) is 2.22. The summed E-state index contributed by atoms with van der Waals surface area (Å²) >= 11 is 0. The van der Waals surface area contributed by atoms with Crippen molar-refractivity contribution in [3.63, 3.8) is 0 Å². The van der Waals surface area contributed by atoms with Crippen LogP contribution in [0.25, 0.3) is 0 Å². The summed E-state index contributed by atoms with van der Waals surface area (Å²) in [4.78, 5) is 27.6. The Morgan fingerprint density at radius 2 is 2.09 bits per heavy atom. The zero-order valence-electron chi connectivity index (χ0n) is 14.3. The molecule has 1 aromatic rings. The lowest BCUT2D eigenvalue weighted by Gasteiger charge is -2.04. The van der Waals surface area contributed by atoms with E-state index in [4.69, 9.17) is 4.74 Å². The van der Waals surface area contributed by atoms with Gasteiger partial charge in [0.25, 0.3) is 0 Å². The minimum Gasteiger partial charge on any atom is -0.462 e. The number of nitrogens with zero attached hydrogens (tertiary/aromatic N) is 2. The van der Waals surface area contributed by atoms with E-state index in [9.17, 15) is 9.59 Å². The van der Waals surface area contributed by atoms with Crippen LogP contribution in [0.15, 0.2) is 24.5 Å². The molecule has 0 bridgehead atoms. The van der Waals surface area contributed by atoms with Gasteiger partial charge in [-0.1, -0.05) is 32.6 Å². The van der Waals surface area contributed by atoms with Crippen molar-refractivity contribution in [1.29, 1.82) is 0 Å². The Bertz CT molecular complexity index is 463. The van der Waals surface area contributed by atoms with Gasteiger partial charge in [0, 0.05) is 32.4 Å². The predicted octanol–water partition coefficient (Wildman–Crippen LogP) is 3.45. The second kappa shape index (κ2) is 11.6. The monoisotopic (exact) mass is 320 g/mol. The quantitative estimate of drug-likeness (QED) is 0.570. The fraction of sp³-hybridized carbons (Fsp3) is 0.611. The molecule has 5 nitrogen and oxygen atoms in total. The molecule has 5 heteroatoms. The lowest BCUT2D eigenvalue weighted by Crippen LogP contribution is -2.17. The van der Waals surface area contributed by atoms with Crippen LogP contribution < -0.4 is 0 Å². The van der Waals surface area contributed by atoms with E-state index in [1.165, 1.54) is 25.5 Å². The van der Waals surface area contributed by atoms with Crippen molar-refractivity contribution in [1.82, 2.24) is 9.88 Å². The van der Waals surface area contributed by atoms with Crippen LogP contribution in [0.3, 0.4) is 0 Å². The van der Waals surface area contributed by atoms with Crippen molar-refractivity contribution < 1.29 is 14.3 Å². The Morgan fingerprint density at radius 3 is 2.61 bits per heavy atom. The maximum Gasteiger partial charge on any atom is 0.339 e. The first-order valence-electron chi connectivity index (χ1n) is 8.46. The van der Waals surface area contributed by atoms with E-state index in [2.05, 4.69) is 11.9 Å². The first-order valence-corrected chi connectivity index (χ1v) is 8.46. The molecule has 0 N–H and O–H groups in total. The second-order valence-corrected chi connectivity index (χ2v) is 5.71. The second-order valence-electron chi connectivity index (χ2n) is 5.71. The van der Waals surface area contributed by atoms with Gasteiger partial charge >= 0.3 is 5.97 Å². The molecule has 0 radical (unpaired) electrons. The van der Waals surface area contributed by atoms with Gasteiger partial charge in [0.1, 0.15) is 0 Å². The fourth-order valence-electron chi connectivity index (χ4n) is 2.22. The molecule has 2 rings (SSSR count). The van der Waals surface area contributed by atoms with Gasteiger partial charge in [0.15, 0.2) is 0 Å². The summed E-state index contributed by atoms with van der Waals surface area (Å²) in [5, 5.41) is 0. The van der Waals surface area contributed by atoms with E-state index in [-0.39, 0.29) is 5.97 Å². The van der Waals surface area contributed by atoms with Gasteiger partial charge < -0.3 is 9.64 Å². The summed E-state index contributed by atoms with van der Waals surface area (Å²) < 4.78 is 5.13. The van der Waals surface area contributed by atoms with E-state index in [0.29, 0.717) is 18.1 Å². The highest BCUT2D eigenvalue weighted by molar-refractivity contribution is 5.88. The van der Waals surface area contributed by atoms with Crippen LogP contribution in [0.1, 0.15) is 62.2 Å². The largest absolute Gasteiger partial charge is 0.462 e. The first kappa shape index (κ1) is 19.1. The number of carbonyl (C=O) groups is 2. The average Bonchev–Trinajstić information content (AvgIpc) is 2.95. The number of hydrogen-bond acceptors (Lipinski definition) is 4. The summed E-state index contributed by atoms with van der Waals surface area (Å²) in [7, 11) is 1.84. The van der Waals surface area contributed by atoms with Gasteiger partial charge in [-0.3, -0.25) is 9.78 Å². The molecule has 1 aliphatic rings. The molecule has 128 valence electrons. The Morgan fingerprint density at radius 1 is 1.30 bits per heavy atom. The Labute approximate surface area is 139 Å². The average molecular weight is 320 g/mol. The third kappa shape index (κ3) is 8.33. The highest BCUT2D eigenvalue weighted by Gasteiger charge is 2.14. The lowest BCUT2D eigenvalue weighted by molar-refractivity contribution is -0.126. The SMILES string of the molecule is CCCCCCCOC(=O)c1cccnc1.CN1CCCC1=O. The highest BCUT2D eigenvalue weighted by atomic mass is 16.5. The van der Waals surface area contributed by atoms with E-state index in [1.54, 1.807) is 23.2 Å². The molecular formula is C18H28N2O3. The summed E-state index contributed by atoms with van der Waals surface area (Å²) in [6.07, 6.45) is 10.8. The minimum absolute atomic E-state index is 0.274. The topological polar surface area (TPSA) is 59.5 Å². The zero-order valence-corrected chi connectivity index (χ0v) is 14.3. The molecule has 0 spiro atoms. The van der Waals surface area contributed by atoms with Gasteiger partial charge in [-0.2, -0.15) is 0 Å². The number of aromatic nitrogens is 1. The number of unbranched alkanes of at least 4 members (excludes halogenated alkanes) is 4. The van der Waals surface area contributed by atoms with E-state index >= 15 is 0 Å². The van der Waals surface area contributed by atoms with Crippen LogP contribution in [0.2, 0.25) is 0 Å². The maximum absolute atomic E-state index is 11.5. The van der Waals surface area contributed by atoms with Gasteiger partial charge in [-0.25, -0.2) is 4.79 Å². The van der Waals surface area contributed by atoms with Gasteiger partial charge in [0.2, 0.25) is 5.91 Å². The normalized spacial score (nSPS) is 13.5. The first-order chi connectivity index (χ1) is 11.1. The summed E-state index contributed by atoms with van der Waals surface area (Å²) in [6.45, 7) is 3.65. The molecule has 1 aromatic heterocycles. The van der Waals surface area contributed by atoms with Gasteiger partial charge in [-0.15, -0.1) is 0 Å². The molecule has 0 atom stereocenters. The Balaban J connectivity index is 0.000000313. The highest BCUT2D eigenvalue weighted by Crippen LogP contribution is 2.05. The number of ether oxygens (including phenoxy) is 1. The number of hydrogen-bond donors (Lipinski definition) is 0. The Kier molecular flexibility index (Phi) is 9.68. The molecule has 2 heterocycles. The van der Waals surface area contributed by atoms with Crippen molar-refractivity contribution in [2.75, 3.05) is 20.2 Å². The third-order valence-electron chi connectivity index (χ3n) is 3.69. The van der Waals surface area contributed by atoms with Crippen molar-refractivity contribution in [2.45, 2.75) is 51.9 Å². The van der Waals surface area contributed by atoms with Crippen molar-refractivity contribution >= 4 is 11.9 Å². The minimum atomic E-state index is -0.274. The number of amides is 1. The maximum atomic E-state index is 11.5. The number of pyridine rings is 1. The van der Waals surface area contributed by atoms with Crippen LogP contribution >= 0.6 is 0 Å². The van der Waals surface area contributed by atoms with Gasteiger partial charge in [-0.05, 0) is 25.0 Å². The van der Waals surface area contributed by atoms with E-state index in [1.807, 2.05) is 7.05 Å². The molecule has 0 saturated carbocycles. The lowest BCUT2D eigenvalue weighted by atomic mass is 10.2. The van der Waals surface area contributed by atoms with Crippen LogP contribution in [-0.2, 0) is 9.53 Å². The third-order valence-corrected chi connectivity index (χ3v) is 3.69. The standard InChI is InChI=1S/C13H19NO2.C5H9NO/c1-2-3-4-5-6-10-16-13(15)12-8-7-9-14-11-12;1-6-4-2-3-5(6)7/h7-9,11H,2-6,10H2,1H3;2-4H2,1H3. The molecule has 23 heavy (non-hydrogen) atoms. The van der Waals surface area contributed by atoms with E-state index in [0.717, 1.165) is 32.2 Å². The van der Waals surface area contributed by atoms with E-state index < -0.39 is 0 Å². The van der Waals surface area contributed by atoms with Gasteiger partial charge in [0.05, 0.1) is 12.2 Å². The summed E-state index contributed by atoms with van der Waals surface area (Å²) in [6, 6.07) is 3.45. The molecular weight excluding hydrogens is 292 g/mol. The van der Waals surface area contributed by atoms with Crippen molar-refractivity contribution in [3.8, 4) is 0 Å². The molecule has 1 saturated heterocycles. The number of rotatable bonds is 7. The van der Waals surface area contributed by atoms with Crippen LogP contribution in [0.4, 0.5) is 0 Å². The predicted molar refractivity (Wildman–Crippen MR) is 90.1 cm³/mol. The molecule has 1 fully saturated rings. The van der Waals surface area contributed by atoms with Crippen LogP contribution in [0.5, 0.6) is 0 Å².